The maximum atomic E-state index is 13.2. The average molecular weight is 550 g/mol. The van der Waals surface area contributed by atoms with E-state index in [4.69, 9.17) is 14.2 Å². The molecule has 1 aromatic heterocycles. The Morgan fingerprint density at radius 2 is 1.59 bits per heavy atom. The smallest absolute Gasteiger partial charge is 0.328 e. The number of H-pyrrole nitrogens is 1. The maximum absolute atomic E-state index is 13.2. The molecule has 0 aliphatic heterocycles. The second kappa shape index (κ2) is 12.4. The van der Waals surface area contributed by atoms with Gasteiger partial charge in [0.05, 0.1) is 25.3 Å². The standard InChI is InChI=1S/C33H31N3O5/c1-21(32-35-28-18-17-25(39-2)20-29(28)36-32)41-24-15-13-22(14-16-24)19-30(33(38)40-3)34-27-12-8-7-11-26(27)31(37)23-9-5-4-6-10-23/h4-18,20-21,30,34H,19H2,1-3H3,(H,35,36)/t21?,30-/m0/s1. The van der Waals surface area contributed by atoms with Gasteiger partial charge in [0.2, 0.25) is 0 Å². The van der Waals surface area contributed by atoms with Crippen molar-refractivity contribution in [2.45, 2.75) is 25.5 Å². The number of aromatic nitrogens is 2. The summed E-state index contributed by atoms with van der Waals surface area (Å²) >= 11 is 0. The summed E-state index contributed by atoms with van der Waals surface area (Å²) in [6.07, 6.45) is 0.0317. The molecule has 0 amide bonds. The average Bonchev–Trinajstić information content (AvgIpc) is 3.45. The first-order chi connectivity index (χ1) is 19.9. The molecule has 8 heteroatoms. The molecule has 0 fully saturated rings. The molecule has 0 spiro atoms. The highest BCUT2D eigenvalue weighted by Crippen LogP contribution is 2.26. The van der Waals surface area contributed by atoms with Crippen molar-refractivity contribution in [2.24, 2.45) is 0 Å². The Labute approximate surface area is 238 Å². The van der Waals surface area contributed by atoms with Crippen LogP contribution in [0.4, 0.5) is 5.69 Å². The summed E-state index contributed by atoms with van der Waals surface area (Å²) in [5.74, 6) is 1.57. The van der Waals surface area contributed by atoms with E-state index >= 15 is 0 Å². The highest BCUT2D eigenvalue weighted by molar-refractivity contribution is 6.12. The number of anilines is 1. The van der Waals surface area contributed by atoms with Crippen molar-refractivity contribution in [1.82, 2.24) is 9.97 Å². The topological polar surface area (TPSA) is 103 Å². The lowest BCUT2D eigenvalue weighted by Gasteiger charge is -2.20. The molecule has 4 aromatic carbocycles. The van der Waals surface area contributed by atoms with Crippen molar-refractivity contribution in [3.05, 3.63) is 120 Å². The molecule has 2 N–H and O–H groups in total. The Balaban J connectivity index is 1.28. The van der Waals surface area contributed by atoms with Crippen molar-refractivity contribution >= 4 is 28.5 Å². The van der Waals surface area contributed by atoms with Crippen LogP contribution in [0.1, 0.15) is 40.3 Å². The van der Waals surface area contributed by atoms with E-state index in [2.05, 4.69) is 15.3 Å². The molecule has 2 atom stereocenters. The number of benzene rings is 4. The van der Waals surface area contributed by atoms with E-state index in [1.54, 1.807) is 37.4 Å². The number of hydrogen-bond acceptors (Lipinski definition) is 7. The van der Waals surface area contributed by atoms with Gasteiger partial charge in [0.15, 0.2) is 11.9 Å². The van der Waals surface area contributed by atoms with Gasteiger partial charge in [-0.3, -0.25) is 4.79 Å². The van der Waals surface area contributed by atoms with Gasteiger partial charge in [-0.05, 0) is 48.9 Å². The summed E-state index contributed by atoms with van der Waals surface area (Å²) < 4.78 is 16.5. The summed E-state index contributed by atoms with van der Waals surface area (Å²) in [7, 11) is 2.98. The quantitative estimate of drug-likeness (QED) is 0.151. The molecule has 5 aromatic rings. The summed E-state index contributed by atoms with van der Waals surface area (Å²) in [6, 6.07) is 28.7. The van der Waals surface area contributed by atoms with Crippen LogP contribution in [0.15, 0.2) is 97.1 Å². The number of nitrogens with zero attached hydrogens (tertiary/aromatic N) is 1. The fourth-order valence-electron chi connectivity index (χ4n) is 4.60. The van der Waals surface area contributed by atoms with Crippen LogP contribution < -0.4 is 14.8 Å². The molecule has 0 saturated heterocycles. The molecule has 0 radical (unpaired) electrons. The fraction of sp³-hybridized carbons (Fsp3) is 0.182. The summed E-state index contributed by atoms with van der Waals surface area (Å²) in [5.41, 5.74) is 4.22. The van der Waals surface area contributed by atoms with Crippen LogP contribution >= 0.6 is 0 Å². The minimum atomic E-state index is -0.706. The van der Waals surface area contributed by atoms with Gasteiger partial charge >= 0.3 is 5.97 Å². The number of carbonyl (C=O) groups is 2. The predicted molar refractivity (Wildman–Crippen MR) is 158 cm³/mol. The number of carbonyl (C=O) groups excluding carboxylic acids is 2. The van der Waals surface area contributed by atoms with Crippen LogP contribution in [-0.4, -0.2) is 42.0 Å². The maximum Gasteiger partial charge on any atom is 0.328 e. The first-order valence-electron chi connectivity index (χ1n) is 13.3. The Hall–Kier alpha value is -5.11. The number of aromatic amines is 1. The molecule has 208 valence electrons. The molecule has 0 bridgehead atoms. The number of methoxy groups -OCH3 is 2. The highest BCUT2D eigenvalue weighted by Gasteiger charge is 2.23. The number of rotatable bonds is 11. The number of hydrogen-bond donors (Lipinski definition) is 2. The van der Waals surface area contributed by atoms with Crippen LogP contribution in [0.5, 0.6) is 11.5 Å². The normalized spacial score (nSPS) is 12.4. The Kier molecular flexibility index (Phi) is 8.29. The summed E-state index contributed by atoms with van der Waals surface area (Å²) in [6.45, 7) is 1.92. The van der Waals surface area contributed by atoms with Crippen molar-refractivity contribution in [3.8, 4) is 11.5 Å². The van der Waals surface area contributed by atoms with Gasteiger partial charge in [-0.25, -0.2) is 9.78 Å². The zero-order chi connectivity index (χ0) is 28.8. The van der Waals surface area contributed by atoms with Gasteiger partial charge in [0, 0.05) is 29.3 Å². The van der Waals surface area contributed by atoms with E-state index in [0.717, 1.165) is 22.3 Å². The molecule has 0 saturated carbocycles. The number of fused-ring (bicyclic) bond motifs is 1. The van der Waals surface area contributed by atoms with Gasteiger partial charge < -0.3 is 24.5 Å². The van der Waals surface area contributed by atoms with Crippen LogP contribution in [0, 0.1) is 0 Å². The van der Waals surface area contributed by atoms with E-state index in [9.17, 15) is 9.59 Å². The number of imidazole rings is 1. The second-order valence-corrected chi connectivity index (χ2v) is 9.57. The molecular formula is C33H31N3O5. The largest absolute Gasteiger partial charge is 0.497 e. The van der Waals surface area contributed by atoms with Crippen LogP contribution in [0.3, 0.4) is 0 Å². The van der Waals surface area contributed by atoms with E-state index in [-0.39, 0.29) is 11.9 Å². The molecule has 0 aliphatic carbocycles. The summed E-state index contributed by atoms with van der Waals surface area (Å²) in [4.78, 5) is 33.8. The Bertz CT molecular complexity index is 1650. The molecule has 5 rings (SSSR count). The molecule has 1 heterocycles. The van der Waals surface area contributed by atoms with E-state index in [0.29, 0.717) is 34.8 Å². The zero-order valence-electron chi connectivity index (χ0n) is 23.1. The van der Waals surface area contributed by atoms with Gasteiger partial charge in [0.25, 0.3) is 0 Å². The monoisotopic (exact) mass is 549 g/mol. The third-order valence-electron chi connectivity index (χ3n) is 6.79. The third kappa shape index (κ3) is 6.38. The Morgan fingerprint density at radius 1 is 0.878 bits per heavy atom. The lowest BCUT2D eigenvalue weighted by Crippen LogP contribution is -2.33. The summed E-state index contributed by atoms with van der Waals surface area (Å²) in [5, 5.41) is 3.24. The Morgan fingerprint density at radius 3 is 2.32 bits per heavy atom. The SMILES string of the molecule is COC(=O)[C@H](Cc1ccc(OC(C)c2nc3ccc(OC)cc3[nH]2)cc1)Nc1ccccc1C(=O)c1ccccc1. The highest BCUT2D eigenvalue weighted by atomic mass is 16.5. The van der Waals surface area contributed by atoms with Crippen LogP contribution in [0.25, 0.3) is 11.0 Å². The lowest BCUT2D eigenvalue weighted by molar-refractivity contribution is -0.141. The minimum Gasteiger partial charge on any atom is -0.497 e. The number of ether oxygens (including phenoxy) is 3. The number of ketones is 1. The predicted octanol–water partition coefficient (Wildman–Crippen LogP) is 6.14. The second-order valence-electron chi connectivity index (χ2n) is 9.57. The molecular weight excluding hydrogens is 518 g/mol. The fourth-order valence-corrected chi connectivity index (χ4v) is 4.60. The van der Waals surface area contributed by atoms with Crippen molar-refractivity contribution in [1.29, 1.82) is 0 Å². The first kappa shape index (κ1) is 27.5. The van der Waals surface area contributed by atoms with Crippen molar-refractivity contribution in [2.75, 3.05) is 19.5 Å². The van der Waals surface area contributed by atoms with Gasteiger partial charge in [0.1, 0.15) is 23.4 Å². The van der Waals surface area contributed by atoms with Crippen LogP contribution in [0.2, 0.25) is 0 Å². The molecule has 41 heavy (non-hydrogen) atoms. The number of esters is 1. The van der Waals surface area contributed by atoms with Crippen molar-refractivity contribution < 1.29 is 23.8 Å². The lowest BCUT2D eigenvalue weighted by atomic mass is 10.00. The van der Waals surface area contributed by atoms with E-state index in [1.165, 1.54) is 7.11 Å². The van der Waals surface area contributed by atoms with Gasteiger partial charge in [-0.2, -0.15) is 0 Å². The molecule has 1 unspecified atom stereocenters. The number of nitrogens with one attached hydrogen (secondary N) is 2. The van der Waals surface area contributed by atoms with Gasteiger partial charge in [-0.1, -0.05) is 54.6 Å². The third-order valence-corrected chi connectivity index (χ3v) is 6.79. The number of para-hydroxylation sites is 1. The molecule has 0 aliphatic rings. The zero-order valence-corrected chi connectivity index (χ0v) is 23.1. The van der Waals surface area contributed by atoms with Crippen molar-refractivity contribution in [3.63, 3.8) is 0 Å². The van der Waals surface area contributed by atoms with Gasteiger partial charge in [-0.15, -0.1) is 0 Å². The van der Waals surface area contributed by atoms with E-state index < -0.39 is 12.0 Å². The molecule has 8 nitrogen and oxygen atoms in total. The van der Waals surface area contributed by atoms with E-state index in [1.807, 2.05) is 73.7 Å². The van der Waals surface area contributed by atoms with Crippen LogP contribution in [-0.2, 0) is 16.0 Å². The first-order valence-corrected chi connectivity index (χ1v) is 13.3. The minimum absolute atomic E-state index is 0.128.